The number of pyridine rings is 1. The van der Waals surface area contributed by atoms with Crippen LogP contribution in [0.1, 0.15) is 44.1 Å². The van der Waals surface area contributed by atoms with Gasteiger partial charge >= 0.3 is 0 Å². The fourth-order valence-corrected chi connectivity index (χ4v) is 4.47. The molecule has 1 aliphatic heterocycles. The lowest BCUT2D eigenvalue weighted by Crippen LogP contribution is -2.52. The van der Waals surface area contributed by atoms with Crippen LogP contribution < -0.4 is 15.8 Å². The summed E-state index contributed by atoms with van der Waals surface area (Å²) in [6, 6.07) is 15.7. The van der Waals surface area contributed by atoms with Gasteiger partial charge in [-0.15, -0.1) is 0 Å². The van der Waals surface area contributed by atoms with Crippen molar-refractivity contribution in [3.63, 3.8) is 0 Å². The van der Waals surface area contributed by atoms with E-state index in [0.717, 1.165) is 43.8 Å². The third-order valence-electron chi connectivity index (χ3n) is 6.88. The molecule has 4 rings (SSSR count). The van der Waals surface area contributed by atoms with Gasteiger partial charge in [0.05, 0.1) is 24.4 Å². The van der Waals surface area contributed by atoms with Gasteiger partial charge in [0.25, 0.3) is 0 Å². The second-order valence-corrected chi connectivity index (χ2v) is 9.73. The number of primary amides is 1. The first kappa shape index (κ1) is 26.1. The monoisotopic (exact) mass is 503 g/mol. The summed E-state index contributed by atoms with van der Waals surface area (Å²) in [7, 11) is 1.80. The average Bonchev–Trinajstić information content (AvgIpc) is 3.73. The standard InChI is InChI=1S/C27H33N7O3/c1-33(32-24(17-23(29)35)31-26(36)21-8-9-21)27(11-14-28)12-15-34(16-13-27)19-20-7-10-25(30-18-20)37-22-5-3-2-4-6-22/h2-7,10,18,21H,8-9,11-13,15-17,19H2,1H3,(H2,29,35)(H,31,32,36). The van der Waals surface area contributed by atoms with Gasteiger partial charge in [0.1, 0.15) is 11.6 Å². The highest BCUT2D eigenvalue weighted by molar-refractivity contribution is 6.07. The lowest BCUT2D eigenvalue weighted by molar-refractivity contribution is -0.120. The van der Waals surface area contributed by atoms with E-state index in [2.05, 4.69) is 26.4 Å². The molecule has 2 fully saturated rings. The van der Waals surface area contributed by atoms with Gasteiger partial charge in [-0.05, 0) is 43.4 Å². The van der Waals surface area contributed by atoms with Crippen molar-refractivity contribution in [3.05, 3.63) is 54.2 Å². The molecule has 1 aromatic carbocycles. The van der Waals surface area contributed by atoms with E-state index in [1.54, 1.807) is 12.1 Å². The molecule has 1 saturated heterocycles. The van der Waals surface area contributed by atoms with Crippen molar-refractivity contribution in [2.45, 2.75) is 50.6 Å². The van der Waals surface area contributed by atoms with Crippen molar-refractivity contribution < 1.29 is 14.3 Å². The number of nitriles is 1. The van der Waals surface area contributed by atoms with Crippen LogP contribution in [0.3, 0.4) is 0 Å². The van der Waals surface area contributed by atoms with Crippen molar-refractivity contribution in [2.24, 2.45) is 16.8 Å². The van der Waals surface area contributed by atoms with Crippen LogP contribution >= 0.6 is 0 Å². The first-order valence-corrected chi connectivity index (χ1v) is 12.5. The number of nitrogens with zero attached hydrogens (tertiary/aromatic N) is 5. The number of para-hydroxylation sites is 1. The summed E-state index contributed by atoms with van der Waals surface area (Å²) in [6.45, 7) is 2.27. The summed E-state index contributed by atoms with van der Waals surface area (Å²) in [5.74, 6) is 0.795. The number of benzene rings is 1. The Bertz CT molecular complexity index is 1150. The minimum absolute atomic E-state index is 0.0202. The quantitative estimate of drug-likeness (QED) is 0.289. The molecule has 0 bridgehead atoms. The topological polar surface area (TPSA) is 137 Å². The van der Waals surface area contributed by atoms with Crippen LogP contribution in [0.4, 0.5) is 0 Å². The van der Waals surface area contributed by atoms with E-state index in [9.17, 15) is 14.9 Å². The second kappa shape index (κ2) is 11.8. The van der Waals surface area contributed by atoms with E-state index in [1.165, 1.54) is 0 Å². The van der Waals surface area contributed by atoms with E-state index in [4.69, 9.17) is 10.5 Å². The van der Waals surface area contributed by atoms with Gasteiger partial charge in [-0.25, -0.2) is 4.98 Å². The van der Waals surface area contributed by atoms with E-state index in [1.807, 2.05) is 48.7 Å². The number of ether oxygens (including phenoxy) is 1. The number of likely N-dealkylation sites (tertiary alicyclic amines) is 1. The molecule has 10 nitrogen and oxygen atoms in total. The van der Waals surface area contributed by atoms with Crippen LogP contribution in [-0.4, -0.2) is 58.2 Å². The normalized spacial score (nSPS) is 17.5. The number of nitrogens with one attached hydrogen (secondary N) is 1. The summed E-state index contributed by atoms with van der Waals surface area (Å²) in [5.41, 5.74) is 5.96. The number of rotatable bonds is 10. The third kappa shape index (κ3) is 7.27. The predicted molar refractivity (Wildman–Crippen MR) is 138 cm³/mol. The zero-order chi connectivity index (χ0) is 26.3. The molecule has 194 valence electrons. The molecule has 2 amide bonds. The van der Waals surface area contributed by atoms with Crippen LogP contribution in [0.2, 0.25) is 0 Å². The molecule has 2 aliphatic rings. The van der Waals surface area contributed by atoms with E-state index < -0.39 is 11.4 Å². The van der Waals surface area contributed by atoms with Gasteiger partial charge in [0.15, 0.2) is 0 Å². The average molecular weight is 504 g/mol. The Kier molecular flexibility index (Phi) is 8.36. The number of hydrogen-bond acceptors (Lipinski definition) is 8. The molecule has 37 heavy (non-hydrogen) atoms. The summed E-state index contributed by atoms with van der Waals surface area (Å²) in [4.78, 5) is 30.6. The maximum atomic E-state index is 12.3. The number of carbonyl (C=O) groups excluding carboxylic acids is 2. The fraction of sp³-hybridized carbons (Fsp3) is 0.444. The Morgan fingerprint density at radius 1 is 1.24 bits per heavy atom. The maximum Gasteiger partial charge on any atom is 0.228 e. The van der Waals surface area contributed by atoms with Gasteiger partial charge < -0.3 is 15.8 Å². The summed E-state index contributed by atoms with van der Waals surface area (Å²) in [6.07, 6.45) is 5.07. The number of amidine groups is 1. The number of hydrogen-bond donors (Lipinski definition) is 2. The lowest BCUT2D eigenvalue weighted by atomic mass is 9.84. The molecule has 1 aliphatic carbocycles. The molecule has 1 saturated carbocycles. The highest BCUT2D eigenvalue weighted by atomic mass is 16.5. The summed E-state index contributed by atoms with van der Waals surface area (Å²) < 4.78 is 5.77. The Morgan fingerprint density at radius 3 is 2.57 bits per heavy atom. The first-order chi connectivity index (χ1) is 17.9. The zero-order valence-electron chi connectivity index (χ0n) is 21.1. The molecule has 0 atom stereocenters. The number of amides is 2. The van der Waals surface area contributed by atoms with Crippen molar-refractivity contribution >= 4 is 17.6 Å². The number of piperidine rings is 1. The zero-order valence-corrected chi connectivity index (χ0v) is 21.1. The van der Waals surface area contributed by atoms with Gasteiger partial charge in [-0.2, -0.15) is 10.4 Å². The van der Waals surface area contributed by atoms with Crippen molar-refractivity contribution in [1.82, 2.24) is 20.2 Å². The molecule has 0 radical (unpaired) electrons. The number of hydrazone groups is 1. The number of aromatic nitrogens is 1. The molecule has 10 heteroatoms. The van der Waals surface area contributed by atoms with Crippen LogP contribution in [0.15, 0.2) is 53.8 Å². The SMILES string of the molecule is CN(/N=C(\CC(N)=O)NC(=O)C1CC1)C1(CC#N)CCN(Cc2ccc(Oc3ccccc3)nc2)CC1. The Morgan fingerprint density at radius 2 is 1.97 bits per heavy atom. The first-order valence-electron chi connectivity index (χ1n) is 12.5. The van der Waals surface area contributed by atoms with Crippen molar-refractivity contribution in [2.75, 3.05) is 20.1 Å². The number of carbonyl (C=O) groups is 2. The van der Waals surface area contributed by atoms with Gasteiger partial charge in [-0.1, -0.05) is 24.3 Å². The molecular weight excluding hydrogens is 470 g/mol. The Balaban J connectivity index is 1.36. The van der Waals surface area contributed by atoms with Crippen LogP contribution in [0.5, 0.6) is 11.6 Å². The molecular formula is C27H33N7O3. The van der Waals surface area contributed by atoms with Crippen molar-refractivity contribution in [3.8, 4) is 17.7 Å². The van der Waals surface area contributed by atoms with E-state index in [0.29, 0.717) is 18.7 Å². The lowest BCUT2D eigenvalue weighted by Gasteiger charge is -2.45. The Labute approximate surface area is 217 Å². The van der Waals surface area contributed by atoms with Gasteiger partial charge in [0, 0.05) is 44.9 Å². The smallest absolute Gasteiger partial charge is 0.228 e. The number of nitrogens with two attached hydrogens (primary N) is 1. The maximum absolute atomic E-state index is 12.3. The van der Waals surface area contributed by atoms with Crippen molar-refractivity contribution in [1.29, 1.82) is 5.26 Å². The van der Waals surface area contributed by atoms with Crippen LogP contribution in [0.25, 0.3) is 0 Å². The molecule has 0 unspecified atom stereocenters. The molecule has 3 N–H and O–H groups in total. The second-order valence-electron chi connectivity index (χ2n) is 9.73. The largest absolute Gasteiger partial charge is 0.439 e. The van der Waals surface area contributed by atoms with E-state index in [-0.39, 0.29) is 30.5 Å². The molecule has 2 aromatic rings. The van der Waals surface area contributed by atoms with E-state index >= 15 is 0 Å². The van der Waals surface area contributed by atoms with Gasteiger partial charge in [0.2, 0.25) is 17.7 Å². The minimum atomic E-state index is -0.568. The predicted octanol–water partition coefficient (Wildman–Crippen LogP) is 2.77. The highest BCUT2D eigenvalue weighted by Gasteiger charge is 2.39. The molecule has 1 aromatic heterocycles. The summed E-state index contributed by atoms with van der Waals surface area (Å²) >= 11 is 0. The minimum Gasteiger partial charge on any atom is -0.439 e. The Hall–Kier alpha value is -3.97. The van der Waals surface area contributed by atoms with Gasteiger partial charge in [-0.3, -0.25) is 19.5 Å². The molecule has 0 spiro atoms. The highest BCUT2D eigenvalue weighted by Crippen LogP contribution is 2.33. The summed E-state index contributed by atoms with van der Waals surface area (Å²) in [5, 5.41) is 18.6. The third-order valence-corrected chi connectivity index (χ3v) is 6.88. The van der Waals surface area contributed by atoms with Crippen LogP contribution in [-0.2, 0) is 16.1 Å². The molecule has 2 heterocycles. The van der Waals surface area contributed by atoms with Crippen LogP contribution in [0, 0.1) is 17.2 Å². The fourth-order valence-electron chi connectivity index (χ4n) is 4.47.